The van der Waals surface area contributed by atoms with Crippen LogP contribution in [0.3, 0.4) is 0 Å². The first kappa shape index (κ1) is 20.7. The van der Waals surface area contributed by atoms with Crippen molar-refractivity contribution in [1.29, 1.82) is 5.26 Å². The van der Waals surface area contributed by atoms with Crippen molar-refractivity contribution in [3.05, 3.63) is 71.3 Å². The highest BCUT2D eigenvalue weighted by Gasteiger charge is 2.41. The molecule has 0 unspecified atom stereocenters. The van der Waals surface area contributed by atoms with Gasteiger partial charge in [-0.15, -0.1) is 0 Å². The molecule has 0 saturated heterocycles. The van der Waals surface area contributed by atoms with Crippen LogP contribution in [-0.2, 0) is 17.3 Å². The molecular formula is C23H29BrN2. The van der Waals surface area contributed by atoms with Gasteiger partial charge < -0.3 is 0 Å². The molecule has 1 saturated carbocycles. The maximum Gasteiger partial charge on any atom is 0.0587 e. The summed E-state index contributed by atoms with van der Waals surface area (Å²) in [4.78, 5) is 2.53. The van der Waals surface area contributed by atoms with Crippen LogP contribution in [0.5, 0.6) is 0 Å². The molecule has 1 fully saturated rings. The number of aryl methyl sites for hydroxylation is 1. The fraction of sp³-hybridized carbons (Fsp3) is 0.435. The monoisotopic (exact) mass is 412 g/mol. The van der Waals surface area contributed by atoms with Gasteiger partial charge in [-0.25, -0.2) is 0 Å². The van der Waals surface area contributed by atoms with Crippen molar-refractivity contribution in [2.24, 2.45) is 0 Å². The van der Waals surface area contributed by atoms with Gasteiger partial charge in [0.25, 0.3) is 0 Å². The predicted molar refractivity (Wildman–Crippen MR) is 113 cm³/mol. The lowest BCUT2D eigenvalue weighted by Crippen LogP contribution is -2.24. The molecule has 1 aliphatic carbocycles. The summed E-state index contributed by atoms with van der Waals surface area (Å²) in [7, 11) is 0. The van der Waals surface area contributed by atoms with Crippen LogP contribution in [0.2, 0.25) is 0 Å². The predicted octanol–water partition coefficient (Wildman–Crippen LogP) is 6.06. The zero-order chi connectivity index (χ0) is 18.8. The van der Waals surface area contributed by atoms with Crippen molar-refractivity contribution in [1.82, 2.24) is 4.90 Å². The molecule has 0 atom stereocenters. The third-order valence-electron chi connectivity index (χ3n) is 4.80. The zero-order valence-electron chi connectivity index (χ0n) is 15.9. The zero-order valence-corrected chi connectivity index (χ0v) is 17.5. The molecule has 0 spiro atoms. The largest absolute Gasteiger partial charge is 0.299 e. The minimum atomic E-state index is 0.306. The van der Waals surface area contributed by atoms with Gasteiger partial charge in [0.2, 0.25) is 0 Å². The Hall–Kier alpha value is -1.63. The van der Waals surface area contributed by atoms with Crippen LogP contribution in [0.4, 0.5) is 0 Å². The highest BCUT2D eigenvalue weighted by atomic mass is 79.9. The molecule has 2 aromatic carbocycles. The first-order valence-electron chi connectivity index (χ1n) is 9.46. The van der Waals surface area contributed by atoms with Gasteiger partial charge in [-0.3, -0.25) is 4.90 Å². The Morgan fingerprint density at radius 1 is 1.04 bits per heavy atom. The molecule has 2 aromatic rings. The van der Waals surface area contributed by atoms with Crippen molar-refractivity contribution in [3.63, 3.8) is 0 Å². The van der Waals surface area contributed by atoms with E-state index in [4.69, 9.17) is 5.26 Å². The topological polar surface area (TPSA) is 27.0 Å². The summed E-state index contributed by atoms with van der Waals surface area (Å²) in [6.45, 7) is 7.01. The second-order valence-corrected chi connectivity index (χ2v) is 8.36. The fourth-order valence-electron chi connectivity index (χ4n) is 3.07. The number of benzene rings is 2. The Morgan fingerprint density at radius 2 is 1.65 bits per heavy atom. The summed E-state index contributed by atoms with van der Waals surface area (Å²) in [5.74, 6) is 0. The molecule has 3 heteroatoms. The van der Waals surface area contributed by atoms with Crippen LogP contribution < -0.4 is 0 Å². The summed E-state index contributed by atoms with van der Waals surface area (Å²) >= 11 is 3.83. The second-order valence-electron chi connectivity index (χ2n) is 6.84. The molecule has 0 radical (unpaired) electrons. The molecule has 3 rings (SSSR count). The molecule has 0 aromatic heterocycles. The van der Waals surface area contributed by atoms with E-state index in [0.717, 1.165) is 19.6 Å². The number of nitriles is 1. The van der Waals surface area contributed by atoms with Gasteiger partial charge >= 0.3 is 0 Å². The lowest BCUT2D eigenvalue weighted by atomic mass is 10.0. The molecule has 0 N–H and O–H groups in total. The lowest BCUT2D eigenvalue weighted by molar-refractivity contribution is 0.276. The number of halogens is 1. The molecule has 0 aliphatic heterocycles. The van der Waals surface area contributed by atoms with Gasteiger partial charge in [0.05, 0.1) is 10.4 Å². The van der Waals surface area contributed by atoms with E-state index < -0.39 is 0 Å². The van der Waals surface area contributed by atoms with Crippen molar-refractivity contribution in [2.45, 2.75) is 50.4 Å². The molecule has 0 amide bonds. The van der Waals surface area contributed by atoms with Crippen LogP contribution in [0.25, 0.3) is 0 Å². The minimum Gasteiger partial charge on any atom is -0.299 e. The molecule has 0 bridgehead atoms. The molecule has 26 heavy (non-hydrogen) atoms. The van der Waals surface area contributed by atoms with Crippen LogP contribution in [0, 0.1) is 11.3 Å². The number of hydrogen-bond acceptors (Lipinski definition) is 2. The quantitative estimate of drug-likeness (QED) is 0.492. The Bertz CT molecular complexity index is 684. The maximum absolute atomic E-state index is 7.32. The van der Waals surface area contributed by atoms with Crippen molar-refractivity contribution < 1.29 is 0 Å². The summed E-state index contributed by atoms with van der Waals surface area (Å²) in [5.41, 5.74) is 4.31. The second kappa shape index (κ2) is 10.5. The fourth-order valence-corrected chi connectivity index (χ4v) is 3.53. The van der Waals surface area contributed by atoms with E-state index in [9.17, 15) is 0 Å². The van der Waals surface area contributed by atoms with E-state index in [1.807, 2.05) is 0 Å². The van der Waals surface area contributed by atoms with Crippen LogP contribution in [0.1, 0.15) is 49.8 Å². The number of hydrogen-bond donors (Lipinski definition) is 0. The van der Waals surface area contributed by atoms with Crippen molar-refractivity contribution in [3.8, 4) is 6.07 Å². The van der Waals surface area contributed by atoms with Gasteiger partial charge in [-0.05, 0) is 55.5 Å². The Morgan fingerprint density at radius 3 is 2.19 bits per heavy atom. The normalized spacial score (nSPS) is 14.3. The number of nitrogens with zero attached hydrogens (tertiary/aromatic N) is 2. The maximum atomic E-state index is 7.32. The van der Waals surface area contributed by atoms with Crippen molar-refractivity contribution in [2.75, 3.05) is 13.1 Å². The van der Waals surface area contributed by atoms with E-state index in [1.54, 1.807) is 6.07 Å². The average molecular weight is 413 g/mol. The molecule has 1 aliphatic rings. The lowest BCUT2D eigenvalue weighted by Gasteiger charge is -2.20. The van der Waals surface area contributed by atoms with E-state index in [-0.39, 0.29) is 0 Å². The van der Waals surface area contributed by atoms with Crippen LogP contribution in [-0.4, -0.2) is 18.0 Å². The SMILES string of the molecule is CC#N.CCN(CCCc1ccc(C2(Br)CC2)cc1)Cc1ccccc1. The van der Waals surface area contributed by atoms with E-state index >= 15 is 0 Å². The summed E-state index contributed by atoms with van der Waals surface area (Å²) < 4.78 is 0.306. The molecule has 2 nitrogen and oxygen atoms in total. The average Bonchev–Trinajstić information content (AvgIpc) is 3.41. The third-order valence-corrected chi connectivity index (χ3v) is 6.05. The standard InChI is InChI=1S/C21H26BrN.C2H3N/c1-2-23(17-19-7-4-3-5-8-19)16-6-9-18-10-12-20(13-11-18)21(22)14-15-21;1-2-3/h3-5,7-8,10-13H,2,6,9,14-17H2,1H3;1H3. The number of alkyl halides is 1. The van der Waals surface area contributed by atoms with Crippen LogP contribution in [0.15, 0.2) is 54.6 Å². The van der Waals surface area contributed by atoms with E-state index in [1.165, 1.54) is 49.3 Å². The highest BCUT2D eigenvalue weighted by Crippen LogP contribution is 2.53. The molecular weight excluding hydrogens is 384 g/mol. The Labute approximate surface area is 167 Å². The molecule has 138 valence electrons. The van der Waals surface area contributed by atoms with Gasteiger partial charge in [-0.1, -0.05) is 77.5 Å². The van der Waals surface area contributed by atoms with Crippen LogP contribution >= 0.6 is 15.9 Å². The van der Waals surface area contributed by atoms with Gasteiger partial charge in [0, 0.05) is 13.5 Å². The first-order chi connectivity index (χ1) is 12.6. The van der Waals surface area contributed by atoms with E-state index in [2.05, 4.69) is 82.4 Å². The third kappa shape index (κ3) is 6.59. The molecule has 0 heterocycles. The Kier molecular flexibility index (Phi) is 8.35. The highest BCUT2D eigenvalue weighted by molar-refractivity contribution is 9.09. The smallest absolute Gasteiger partial charge is 0.0587 e. The Balaban J connectivity index is 0.000000758. The summed E-state index contributed by atoms with van der Waals surface area (Å²) in [6, 6.07) is 21.8. The van der Waals surface area contributed by atoms with E-state index in [0.29, 0.717) is 4.32 Å². The summed E-state index contributed by atoms with van der Waals surface area (Å²) in [6.07, 6.45) is 4.94. The van der Waals surface area contributed by atoms with Gasteiger partial charge in [-0.2, -0.15) is 5.26 Å². The number of rotatable bonds is 8. The van der Waals surface area contributed by atoms with Crippen molar-refractivity contribution >= 4 is 15.9 Å². The summed E-state index contributed by atoms with van der Waals surface area (Å²) in [5, 5.41) is 7.32. The van der Waals surface area contributed by atoms with Gasteiger partial charge in [0.15, 0.2) is 0 Å². The van der Waals surface area contributed by atoms with Gasteiger partial charge in [0.1, 0.15) is 0 Å². The first-order valence-corrected chi connectivity index (χ1v) is 10.3. The minimum absolute atomic E-state index is 0.306.